The monoisotopic (exact) mass is 406 g/mol. The number of thioether (sulfide) groups is 1. The van der Waals surface area contributed by atoms with Crippen molar-refractivity contribution in [3.05, 3.63) is 95.0 Å². The lowest BCUT2D eigenvalue weighted by atomic mass is 10.1. The van der Waals surface area contributed by atoms with Gasteiger partial charge in [-0.15, -0.1) is 0 Å². The van der Waals surface area contributed by atoms with E-state index in [1.54, 1.807) is 4.90 Å². The van der Waals surface area contributed by atoms with Crippen LogP contribution in [0.5, 0.6) is 0 Å². The second kappa shape index (κ2) is 8.21. The summed E-state index contributed by atoms with van der Waals surface area (Å²) in [5.41, 5.74) is 3.75. The standard InChI is InChI=1S/C23H19ClN2OS/c1-16-12-13-17(14-20(16)24)15-21-22(27)26(19-10-6-3-7-11-19)23(28-21)25-18-8-4-2-5-9-18/h2-14,21H,15H2,1H3/t21-/m1/s1. The van der Waals surface area contributed by atoms with E-state index in [1.807, 2.05) is 85.8 Å². The van der Waals surface area contributed by atoms with Crippen molar-refractivity contribution in [3.8, 4) is 0 Å². The van der Waals surface area contributed by atoms with E-state index >= 15 is 0 Å². The Morgan fingerprint density at radius 2 is 1.68 bits per heavy atom. The van der Waals surface area contributed by atoms with Crippen LogP contribution in [-0.2, 0) is 11.2 Å². The highest BCUT2D eigenvalue weighted by Crippen LogP contribution is 2.35. The first-order chi connectivity index (χ1) is 13.6. The Kier molecular flexibility index (Phi) is 5.51. The number of para-hydroxylation sites is 2. The molecule has 0 aliphatic carbocycles. The zero-order chi connectivity index (χ0) is 19.5. The van der Waals surface area contributed by atoms with Crippen molar-refractivity contribution >= 4 is 45.8 Å². The Bertz CT molecular complexity index is 1020. The maximum atomic E-state index is 13.3. The molecule has 0 saturated carbocycles. The van der Waals surface area contributed by atoms with Crippen molar-refractivity contribution in [2.24, 2.45) is 4.99 Å². The molecule has 1 saturated heterocycles. The summed E-state index contributed by atoms with van der Waals surface area (Å²) in [6.45, 7) is 1.98. The largest absolute Gasteiger partial charge is 0.273 e. The fourth-order valence-electron chi connectivity index (χ4n) is 3.08. The summed E-state index contributed by atoms with van der Waals surface area (Å²) in [6.07, 6.45) is 0.612. The third-order valence-corrected chi connectivity index (χ3v) is 6.13. The number of rotatable bonds is 4. The highest BCUT2D eigenvalue weighted by Gasteiger charge is 2.39. The molecule has 1 atom stereocenters. The molecule has 5 heteroatoms. The fourth-order valence-corrected chi connectivity index (χ4v) is 4.48. The molecule has 0 unspecified atom stereocenters. The van der Waals surface area contributed by atoms with E-state index in [2.05, 4.69) is 0 Å². The average Bonchev–Trinajstić information content (AvgIpc) is 3.01. The number of carbonyl (C=O) groups is 1. The number of amidine groups is 1. The van der Waals surface area contributed by atoms with E-state index in [9.17, 15) is 4.79 Å². The zero-order valence-electron chi connectivity index (χ0n) is 15.4. The lowest BCUT2D eigenvalue weighted by molar-refractivity contribution is -0.116. The predicted octanol–water partition coefficient (Wildman–Crippen LogP) is 6.03. The molecular formula is C23H19ClN2OS. The lowest BCUT2D eigenvalue weighted by Crippen LogP contribution is -2.32. The Morgan fingerprint density at radius 3 is 2.36 bits per heavy atom. The minimum atomic E-state index is -0.235. The fraction of sp³-hybridized carbons (Fsp3) is 0.130. The second-order valence-electron chi connectivity index (χ2n) is 6.63. The Balaban J connectivity index is 1.67. The number of carbonyl (C=O) groups excluding carboxylic acids is 1. The summed E-state index contributed by atoms with van der Waals surface area (Å²) >= 11 is 7.78. The number of hydrogen-bond acceptors (Lipinski definition) is 3. The van der Waals surface area contributed by atoms with Crippen LogP contribution >= 0.6 is 23.4 Å². The molecule has 0 radical (unpaired) electrons. The molecule has 3 aromatic rings. The number of halogens is 1. The second-order valence-corrected chi connectivity index (χ2v) is 8.21. The van der Waals surface area contributed by atoms with Crippen LogP contribution < -0.4 is 4.90 Å². The number of benzene rings is 3. The van der Waals surface area contributed by atoms with Crippen molar-refractivity contribution in [2.45, 2.75) is 18.6 Å². The van der Waals surface area contributed by atoms with Gasteiger partial charge in [0.2, 0.25) is 5.91 Å². The van der Waals surface area contributed by atoms with E-state index in [-0.39, 0.29) is 11.2 Å². The van der Waals surface area contributed by atoms with Gasteiger partial charge in [0.05, 0.1) is 16.6 Å². The molecule has 0 bridgehead atoms. The number of anilines is 1. The van der Waals surface area contributed by atoms with Gasteiger partial charge in [0.25, 0.3) is 0 Å². The molecule has 0 aromatic heterocycles. The molecule has 140 valence electrons. The summed E-state index contributed by atoms with van der Waals surface area (Å²) in [5.74, 6) is 0.0441. The Labute approximate surface area is 174 Å². The highest BCUT2D eigenvalue weighted by atomic mass is 35.5. The minimum absolute atomic E-state index is 0.0441. The van der Waals surface area contributed by atoms with E-state index < -0.39 is 0 Å². The topological polar surface area (TPSA) is 32.7 Å². The van der Waals surface area contributed by atoms with Crippen LogP contribution in [0.15, 0.2) is 83.9 Å². The van der Waals surface area contributed by atoms with Gasteiger partial charge in [-0.1, -0.05) is 71.9 Å². The molecule has 1 amide bonds. The van der Waals surface area contributed by atoms with Crippen molar-refractivity contribution in [1.29, 1.82) is 0 Å². The molecule has 0 spiro atoms. The zero-order valence-corrected chi connectivity index (χ0v) is 17.0. The molecule has 1 aliphatic rings. The van der Waals surface area contributed by atoms with Crippen LogP contribution in [-0.4, -0.2) is 16.3 Å². The third kappa shape index (κ3) is 3.98. The summed E-state index contributed by atoms with van der Waals surface area (Å²) in [7, 11) is 0. The first-order valence-electron chi connectivity index (χ1n) is 9.06. The maximum absolute atomic E-state index is 13.3. The summed E-state index contributed by atoms with van der Waals surface area (Å²) in [6, 6.07) is 25.4. The van der Waals surface area contributed by atoms with Gasteiger partial charge < -0.3 is 0 Å². The van der Waals surface area contributed by atoms with Crippen molar-refractivity contribution in [3.63, 3.8) is 0 Å². The summed E-state index contributed by atoms with van der Waals surface area (Å²) < 4.78 is 0. The quantitative estimate of drug-likeness (QED) is 0.530. The van der Waals surface area contributed by atoms with Crippen LogP contribution in [0.3, 0.4) is 0 Å². The number of aliphatic imine (C=N–C) groups is 1. The van der Waals surface area contributed by atoms with Crippen molar-refractivity contribution in [1.82, 2.24) is 0 Å². The van der Waals surface area contributed by atoms with Crippen LogP contribution in [0.4, 0.5) is 11.4 Å². The predicted molar refractivity (Wildman–Crippen MR) is 119 cm³/mol. The molecule has 4 rings (SSSR count). The minimum Gasteiger partial charge on any atom is -0.273 e. The molecule has 1 aliphatic heterocycles. The molecule has 28 heavy (non-hydrogen) atoms. The number of aryl methyl sites for hydroxylation is 1. The maximum Gasteiger partial charge on any atom is 0.247 e. The van der Waals surface area contributed by atoms with Gasteiger partial charge in [0, 0.05) is 5.02 Å². The van der Waals surface area contributed by atoms with Gasteiger partial charge in [-0.25, -0.2) is 4.99 Å². The molecular weight excluding hydrogens is 388 g/mol. The van der Waals surface area contributed by atoms with Gasteiger partial charge in [-0.05, 0) is 54.8 Å². The Hall–Kier alpha value is -2.56. The van der Waals surface area contributed by atoms with Gasteiger partial charge in [0.1, 0.15) is 0 Å². The normalized spacial score (nSPS) is 18.1. The lowest BCUT2D eigenvalue weighted by Gasteiger charge is -2.16. The van der Waals surface area contributed by atoms with Crippen molar-refractivity contribution in [2.75, 3.05) is 4.90 Å². The van der Waals surface area contributed by atoms with Gasteiger partial charge in [-0.3, -0.25) is 9.69 Å². The Morgan fingerprint density at radius 1 is 1.00 bits per heavy atom. The smallest absolute Gasteiger partial charge is 0.247 e. The molecule has 1 heterocycles. The first-order valence-corrected chi connectivity index (χ1v) is 10.3. The number of amides is 1. The number of hydrogen-bond donors (Lipinski definition) is 0. The van der Waals surface area contributed by atoms with E-state index in [4.69, 9.17) is 16.6 Å². The van der Waals surface area contributed by atoms with Crippen LogP contribution in [0.25, 0.3) is 0 Å². The van der Waals surface area contributed by atoms with Gasteiger partial charge >= 0.3 is 0 Å². The summed E-state index contributed by atoms with van der Waals surface area (Å²) in [5, 5.41) is 1.19. The highest BCUT2D eigenvalue weighted by molar-refractivity contribution is 8.16. The molecule has 1 fully saturated rings. The van der Waals surface area contributed by atoms with Gasteiger partial charge in [0.15, 0.2) is 5.17 Å². The number of nitrogens with zero attached hydrogens (tertiary/aromatic N) is 2. The molecule has 3 aromatic carbocycles. The first kappa shape index (κ1) is 18.8. The SMILES string of the molecule is Cc1ccc(C[C@H]2SC(=Nc3ccccc3)N(c3ccccc3)C2=O)cc1Cl. The van der Waals surface area contributed by atoms with Crippen LogP contribution in [0.1, 0.15) is 11.1 Å². The van der Waals surface area contributed by atoms with Crippen LogP contribution in [0.2, 0.25) is 5.02 Å². The van der Waals surface area contributed by atoms with Gasteiger partial charge in [-0.2, -0.15) is 0 Å². The van der Waals surface area contributed by atoms with E-state index in [0.717, 1.165) is 27.5 Å². The van der Waals surface area contributed by atoms with E-state index in [1.165, 1.54) is 11.8 Å². The average molecular weight is 407 g/mol. The van der Waals surface area contributed by atoms with Crippen molar-refractivity contribution < 1.29 is 4.79 Å². The molecule has 0 N–H and O–H groups in total. The van der Waals surface area contributed by atoms with E-state index in [0.29, 0.717) is 11.6 Å². The van der Waals surface area contributed by atoms with Crippen LogP contribution in [0, 0.1) is 6.92 Å². The third-order valence-electron chi connectivity index (χ3n) is 4.59. The molecule has 3 nitrogen and oxygen atoms in total. The summed E-state index contributed by atoms with van der Waals surface area (Å²) in [4.78, 5) is 19.7.